The number of rotatable bonds is 1. The molecule has 1 aliphatic rings. The lowest BCUT2D eigenvalue weighted by Crippen LogP contribution is -2.51. The minimum absolute atomic E-state index is 0.163. The van der Waals surface area contributed by atoms with Gasteiger partial charge in [-0.25, -0.2) is 0 Å². The maximum atomic E-state index is 11.0. The molecule has 2 heteroatoms. The number of benzene rings is 1. The number of methoxy groups -OCH3 is 1. The van der Waals surface area contributed by atoms with E-state index in [0.29, 0.717) is 0 Å². The van der Waals surface area contributed by atoms with Crippen LogP contribution in [0.25, 0.3) is 0 Å². The Morgan fingerprint density at radius 3 is 2.45 bits per heavy atom. The maximum Gasteiger partial charge on any atom is 0.133 e. The second kappa shape index (κ2) is 5.50. The van der Waals surface area contributed by atoms with Crippen LogP contribution in [0.1, 0.15) is 45.6 Å². The van der Waals surface area contributed by atoms with Crippen molar-refractivity contribution in [3.63, 3.8) is 0 Å². The van der Waals surface area contributed by atoms with Crippen molar-refractivity contribution in [3.8, 4) is 17.6 Å². The first-order valence-corrected chi connectivity index (χ1v) is 7.29. The molecule has 0 aliphatic heterocycles. The summed E-state index contributed by atoms with van der Waals surface area (Å²) >= 11 is 0. The fourth-order valence-corrected chi connectivity index (χ4v) is 3.05. The van der Waals surface area contributed by atoms with Crippen molar-refractivity contribution in [3.05, 3.63) is 29.8 Å². The van der Waals surface area contributed by atoms with E-state index in [-0.39, 0.29) is 11.3 Å². The van der Waals surface area contributed by atoms with Crippen molar-refractivity contribution in [1.82, 2.24) is 0 Å². The van der Waals surface area contributed by atoms with Gasteiger partial charge in [0.15, 0.2) is 0 Å². The number of hydrogen-bond donors (Lipinski definition) is 1. The summed E-state index contributed by atoms with van der Waals surface area (Å²) in [5.41, 5.74) is -0.164. The van der Waals surface area contributed by atoms with Gasteiger partial charge in [0.1, 0.15) is 11.4 Å². The Kier molecular flexibility index (Phi) is 4.11. The van der Waals surface area contributed by atoms with Crippen LogP contribution < -0.4 is 4.74 Å². The average Bonchev–Trinajstić information content (AvgIpc) is 2.43. The van der Waals surface area contributed by atoms with E-state index < -0.39 is 5.60 Å². The molecule has 2 nitrogen and oxygen atoms in total. The van der Waals surface area contributed by atoms with E-state index in [0.717, 1.165) is 24.2 Å². The third kappa shape index (κ3) is 2.69. The van der Waals surface area contributed by atoms with Crippen molar-refractivity contribution >= 4 is 0 Å². The highest BCUT2D eigenvalue weighted by atomic mass is 16.5. The molecule has 0 saturated heterocycles. The second-order valence-electron chi connectivity index (χ2n) is 6.42. The zero-order chi connectivity index (χ0) is 14.8. The van der Waals surface area contributed by atoms with Crippen molar-refractivity contribution < 1.29 is 9.84 Å². The second-order valence-corrected chi connectivity index (χ2v) is 6.42. The molecule has 0 aromatic heterocycles. The minimum atomic E-state index is -0.912. The molecule has 20 heavy (non-hydrogen) atoms. The number of aliphatic hydroxyl groups is 1. The highest BCUT2D eigenvalue weighted by molar-refractivity contribution is 5.40. The molecule has 2 atom stereocenters. The average molecular weight is 272 g/mol. The molecule has 2 rings (SSSR count). The predicted molar refractivity (Wildman–Crippen MR) is 81.6 cm³/mol. The summed E-state index contributed by atoms with van der Waals surface area (Å²) in [6.07, 6.45) is 3.23. The van der Waals surface area contributed by atoms with Crippen LogP contribution in [-0.2, 0) is 0 Å². The first-order chi connectivity index (χ1) is 9.39. The lowest BCUT2D eigenvalue weighted by atomic mass is 9.61. The summed E-state index contributed by atoms with van der Waals surface area (Å²) in [5, 5.41) is 11.0. The van der Waals surface area contributed by atoms with Gasteiger partial charge in [-0.05, 0) is 43.0 Å². The molecule has 1 saturated carbocycles. The van der Waals surface area contributed by atoms with Gasteiger partial charge in [0.2, 0.25) is 0 Å². The first-order valence-electron chi connectivity index (χ1n) is 7.29. The Bertz CT molecular complexity index is 519. The Morgan fingerprint density at radius 1 is 1.25 bits per heavy atom. The van der Waals surface area contributed by atoms with Crippen LogP contribution in [0.4, 0.5) is 0 Å². The molecule has 0 spiro atoms. The Morgan fingerprint density at radius 2 is 1.90 bits per heavy atom. The summed E-state index contributed by atoms with van der Waals surface area (Å²) in [5.74, 6) is 7.32. The van der Waals surface area contributed by atoms with Crippen LogP contribution in [0.5, 0.6) is 5.75 Å². The minimum Gasteiger partial charge on any atom is -0.497 e. The van der Waals surface area contributed by atoms with Gasteiger partial charge in [0, 0.05) is 11.0 Å². The fraction of sp³-hybridized carbons (Fsp3) is 0.556. The van der Waals surface area contributed by atoms with E-state index in [1.54, 1.807) is 7.11 Å². The smallest absolute Gasteiger partial charge is 0.133 e. The molecule has 1 aliphatic carbocycles. The van der Waals surface area contributed by atoms with Gasteiger partial charge in [0.05, 0.1) is 7.11 Å². The quantitative estimate of drug-likeness (QED) is 0.791. The molecular weight excluding hydrogens is 248 g/mol. The topological polar surface area (TPSA) is 29.5 Å². The summed E-state index contributed by atoms with van der Waals surface area (Å²) in [7, 11) is 1.65. The van der Waals surface area contributed by atoms with E-state index >= 15 is 0 Å². The third-order valence-electron chi connectivity index (χ3n) is 4.67. The highest BCUT2D eigenvalue weighted by Gasteiger charge is 2.48. The van der Waals surface area contributed by atoms with Gasteiger partial charge in [-0.15, -0.1) is 0 Å². The molecule has 0 heterocycles. The normalized spacial score (nSPS) is 28.4. The summed E-state index contributed by atoms with van der Waals surface area (Å²) in [6.45, 7) is 6.33. The predicted octanol–water partition coefficient (Wildman–Crippen LogP) is 3.62. The van der Waals surface area contributed by atoms with E-state index in [1.807, 2.05) is 24.3 Å². The molecule has 108 valence electrons. The Labute approximate surface area is 122 Å². The van der Waals surface area contributed by atoms with E-state index in [2.05, 4.69) is 32.6 Å². The van der Waals surface area contributed by atoms with E-state index in [9.17, 15) is 5.11 Å². The Hall–Kier alpha value is -1.46. The monoisotopic (exact) mass is 272 g/mol. The third-order valence-corrected chi connectivity index (χ3v) is 4.67. The lowest BCUT2D eigenvalue weighted by molar-refractivity contribution is -0.0860. The van der Waals surface area contributed by atoms with Crippen LogP contribution in [0.3, 0.4) is 0 Å². The summed E-state index contributed by atoms with van der Waals surface area (Å²) < 4.78 is 5.14. The summed E-state index contributed by atoms with van der Waals surface area (Å²) in [6, 6.07) is 7.64. The van der Waals surface area contributed by atoms with E-state index in [4.69, 9.17) is 4.74 Å². The number of hydrogen-bond acceptors (Lipinski definition) is 2. The van der Waals surface area contributed by atoms with Crippen molar-refractivity contribution in [2.24, 2.45) is 11.3 Å². The lowest BCUT2D eigenvalue weighted by Gasteiger charge is -2.47. The molecule has 1 fully saturated rings. The van der Waals surface area contributed by atoms with Gasteiger partial charge in [-0.2, -0.15) is 0 Å². The van der Waals surface area contributed by atoms with Gasteiger partial charge >= 0.3 is 0 Å². The van der Waals surface area contributed by atoms with Gasteiger partial charge in [-0.1, -0.05) is 39.0 Å². The first kappa shape index (κ1) is 14.9. The molecule has 1 aromatic carbocycles. The van der Waals surface area contributed by atoms with Crippen molar-refractivity contribution in [2.75, 3.05) is 7.11 Å². The van der Waals surface area contributed by atoms with Crippen LogP contribution in [0.15, 0.2) is 24.3 Å². The Balaban J connectivity index is 2.28. The molecule has 1 N–H and O–H groups in total. The number of ether oxygens (including phenoxy) is 1. The van der Waals surface area contributed by atoms with Crippen LogP contribution >= 0.6 is 0 Å². The fourth-order valence-electron chi connectivity index (χ4n) is 3.05. The maximum absolute atomic E-state index is 11.0. The van der Waals surface area contributed by atoms with Crippen molar-refractivity contribution in [2.45, 2.75) is 45.6 Å². The molecule has 0 radical (unpaired) electrons. The van der Waals surface area contributed by atoms with E-state index in [1.165, 1.54) is 6.42 Å². The molecule has 2 unspecified atom stereocenters. The molecule has 0 amide bonds. The van der Waals surface area contributed by atoms with Gasteiger partial charge < -0.3 is 9.84 Å². The zero-order valence-electron chi connectivity index (χ0n) is 12.9. The SMILES string of the molecule is COc1ccc(C#CC2(O)C(C)CCCC2(C)C)cc1. The van der Waals surface area contributed by atoms with Gasteiger partial charge in [0.25, 0.3) is 0 Å². The molecule has 1 aromatic rings. The summed E-state index contributed by atoms with van der Waals surface area (Å²) in [4.78, 5) is 0. The largest absolute Gasteiger partial charge is 0.497 e. The van der Waals surface area contributed by atoms with Crippen LogP contribution in [0, 0.1) is 23.2 Å². The zero-order valence-corrected chi connectivity index (χ0v) is 12.9. The van der Waals surface area contributed by atoms with Crippen molar-refractivity contribution in [1.29, 1.82) is 0 Å². The molecule has 0 bridgehead atoms. The van der Waals surface area contributed by atoms with Crippen LogP contribution in [0.2, 0.25) is 0 Å². The highest BCUT2D eigenvalue weighted by Crippen LogP contribution is 2.46. The standard InChI is InChI=1S/C18H24O2/c1-14-6-5-12-17(2,3)18(14,19)13-11-15-7-9-16(20-4)10-8-15/h7-10,14,19H,5-6,12H2,1-4H3. The molecular formula is C18H24O2. The van der Waals surface area contributed by atoms with Crippen LogP contribution in [-0.4, -0.2) is 17.8 Å². The van der Waals surface area contributed by atoms with Gasteiger partial charge in [-0.3, -0.25) is 0 Å².